The Kier molecular flexibility index (Phi) is 5.15. The molecule has 0 aromatic carbocycles. The molecule has 0 unspecified atom stereocenters. The molecule has 9 nitrogen and oxygen atoms in total. The van der Waals surface area contributed by atoms with Crippen molar-refractivity contribution in [3.05, 3.63) is 46.6 Å². The van der Waals surface area contributed by atoms with Crippen LogP contribution in [0.3, 0.4) is 0 Å². The summed E-state index contributed by atoms with van der Waals surface area (Å²) in [7, 11) is 0. The summed E-state index contributed by atoms with van der Waals surface area (Å²) in [6.45, 7) is -0.135. The van der Waals surface area contributed by atoms with Gasteiger partial charge in [0.1, 0.15) is 11.1 Å². The molecule has 0 radical (unpaired) electrons. The average Bonchev–Trinajstić information content (AvgIpc) is 3.24. The lowest BCUT2D eigenvalue weighted by molar-refractivity contribution is -0.181. The summed E-state index contributed by atoms with van der Waals surface area (Å²) >= 11 is 5.80. The van der Waals surface area contributed by atoms with Crippen molar-refractivity contribution in [2.24, 2.45) is 0 Å². The minimum atomic E-state index is -5.05. The molecule has 0 aliphatic carbocycles. The highest BCUT2D eigenvalue weighted by Crippen LogP contribution is 2.50. The molecule has 0 spiro atoms. The summed E-state index contributed by atoms with van der Waals surface area (Å²) in [5.74, 6) is -1.81. The Morgan fingerprint density at radius 3 is 2.44 bits per heavy atom. The van der Waals surface area contributed by atoms with E-state index >= 15 is 0 Å². The summed E-state index contributed by atoms with van der Waals surface area (Å²) in [5, 5.41) is 14.7. The van der Waals surface area contributed by atoms with Crippen LogP contribution in [0, 0.1) is 0 Å². The van der Waals surface area contributed by atoms with Gasteiger partial charge in [0.2, 0.25) is 0 Å². The number of nitrogens with one attached hydrogen (secondary N) is 1. The van der Waals surface area contributed by atoms with E-state index in [0.29, 0.717) is 17.0 Å². The Bertz CT molecular complexity index is 1340. The van der Waals surface area contributed by atoms with Crippen molar-refractivity contribution in [2.75, 3.05) is 16.8 Å². The molecule has 16 heteroatoms. The Labute approximate surface area is 190 Å². The summed E-state index contributed by atoms with van der Waals surface area (Å²) < 4.78 is 82.4. The molecule has 4 rings (SSSR count). The first-order chi connectivity index (χ1) is 15.6. The van der Waals surface area contributed by atoms with E-state index in [1.165, 1.54) is 6.07 Å². The third kappa shape index (κ3) is 3.74. The van der Waals surface area contributed by atoms with Crippen molar-refractivity contribution in [3.63, 3.8) is 0 Å². The van der Waals surface area contributed by atoms with Crippen LogP contribution in [0.4, 0.5) is 42.5 Å². The van der Waals surface area contributed by atoms with Gasteiger partial charge in [0, 0.05) is 18.3 Å². The van der Waals surface area contributed by atoms with Crippen LogP contribution in [0.2, 0.25) is 5.15 Å². The quantitative estimate of drug-likeness (QED) is 0.497. The Hall–Kier alpha value is -3.62. The first kappa shape index (κ1) is 23.5. The minimum absolute atomic E-state index is 0.0171. The highest BCUT2D eigenvalue weighted by molar-refractivity contribution is 6.29. The molecule has 180 valence electrons. The number of fused-ring (bicyclic) bond motifs is 3. The lowest BCUT2D eigenvalue weighted by atomic mass is 9.88. The molecule has 1 aliphatic rings. The standard InChI is InChI=1S/C18H11ClF6N6O3/c1-16(18(23,24)25)6-30(9-5-26-12-4-11(19)29-31(12)13(9)16)15(34)27-7-2-8(14(32)33)28-10(3-7)17(20,21)22/h2-5H,6H2,1H3,(H,32,33)(H,27,28,34)/t16-/m1/s1. The maximum atomic E-state index is 14.1. The lowest BCUT2D eigenvalue weighted by Gasteiger charge is -2.28. The van der Waals surface area contributed by atoms with E-state index in [1.807, 2.05) is 5.32 Å². The van der Waals surface area contributed by atoms with E-state index in [4.69, 9.17) is 16.7 Å². The number of aromatic nitrogens is 4. The van der Waals surface area contributed by atoms with Crippen molar-refractivity contribution < 1.29 is 41.0 Å². The maximum Gasteiger partial charge on any atom is 0.433 e. The van der Waals surface area contributed by atoms with Crippen LogP contribution in [-0.4, -0.2) is 49.4 Å². The molecule has 0 saturated carbocycles. The van der Waals surface area contributed by atoms with Gasteiger partial charge < -0.3 is 10.4 Å². The zero-order valence-electron chi connectivity index (χ0n) is 16.7. The average molecular weight is 509 g/mol. The van der Waals surface area contributed by atoms with Crippen molar-refractivity contribution in [1.29, 1.82) is 0 Å². The number of alkyl halides is 6. The summed E-state index contributed by atoms with van der Waals surface area (Å²) in [5.41, 5.74) is -6.70. The fourth-order valence-corrected chi connectivity index (χ4v) is 3.71. The van der Waals surface area contributed by atoms with Crippen LogP contribution in [0.1, 0.15) is 28.8 Å². The monoisotopic (exact) mass is 508 g/mol. The molecule has 0 saturated heterocycles. The molecule has 34 heavy (non-hydrogen) atoms. The SMILES string of the molecule is C[C@@]1(C(F)(F)F)CN(C(=O)Nc2cc(C(=O)O)nc(C(F)(F)F)c2)c2cnc3cc(Cl)nn3c21. The van der Waals surface area contributed by atoms with E-state index in [2.05, 4.69) is 15.1 Å². The van der Waals surface area contributed by atoms with Gasteiger partial charge in [-0.2, -0.15) is 31.4 Å². The van der Waals surface area contributed by atoms with Gasteiger partial charge in [-0.3, -0.25) is 4.90 Å². The number of carboxylic acid groups (broad SMARTS) is 1. The largest absolute Gasteiger partial charge is 0.477 e. The molecule has 1 atom stereocenters. The number of carboxylic acids is 1. The van der Waals surface area contributed by atoms with Gasteiger partial charge in [0.25, 0.3) is 0 Å². The van der Waals surface area contributed by atoms with Gasteiger partial charge in [0.15, 0.2) is 16.5 Å². The van der Waals surface area contributed by atoms with E-state index in [-0.39, 0.29) is 16.5 Å². The molecule has 1 aliphatic heterocycles. The number of amides is 2. The number of anilines is 2. The second kappa shape index (κ2) is 7.44. The number of carbonyl (C=O) groups excluding carboxylic acids is 1. The highest BCUT2D eigenvalue weighted by atomic mass is 35.5. The Balaban J connectivity index is 1.79. The number of hydrogen-bond donors (Lipinski definition) is 2. The molecular formula is C18H11ClF6N6O3. The van der Waals surface area contributed by atoms with Gasteiger partial charge in [-0.15, -0.1) is 0 Å². The summed E-state index contributed by atoms with van der Waals surface area (Å²) in [6, 6.07) is 0.956. The number of nitrogens with zero attached hydrogens (tertiary/aromatic N) is 5. The van der Waals surface area contributed by atoms with E-state index in [1.54, 1.807) is 0 Å². The van der Waals surface area contributed by atoms with E-state index in [9.17, 15) is 35.9 Å². The molecular weight excluding hydrogens is 498 g/mol. The van der Waals surface area contributed by atoms with Gasteiger partial charge >= 0.3 is 24.4 Å². The zero-order chi connectivity index (χ0) is 25.2. The van der Waals surface area contributed by atoms with Crippen molar-refractivity contribution in [2.45, 2.75) is 24.7 Å². The fraction of sp³-hybridized carbons (Fsp3) is 0.278. The third-order valence-corrected chi connectivity index (χ3v) is 5.36. The maximum absolute atomic E-state index is 14.1. The number of rotatable bonds is 2. The zero-order valence-corrected chi connectivity index (χ0v) is 17.4. The van der Waals surface area contributed by atoms with Crippen molar-refractivity contribution in [3.8, 4) is 0 Å². The molecule has 2 amide bonds. The molecule has 4 heterocycles. The van der Waals surface area contributed by atoms with Crippen LogP contribution in [0.25, 0.3) is 5.65 Å². The molecule has 2 N–H and O–H groups in total. The first-order valence-electron chi connectivity index (χ1n) is 9.14. The van der Waals surface area contributed by atoms with Gasteiger partial charge in [-0.05, 0) is 19.1 Å². The van der Waals surface area contributed by atoms with E-state index in [0.717, 1.165) is 17.6 Å². The van der Waals surface area contributed by atoms with Gasteiger partial charge in [-0.25, -0.2) is 24.1 Å². The van der Waals surface area contributed by atoms with Crippen LogP contribution in [0.15, 0.2) is 24.4 Å². The fourth-order valence-electron chi connectivity index (χ4n) is 3.54. The number of urea groups is 1. The Morgan fingerprint density at radius 2 is 1.85 bits per heavy atom. The number of halogens is 7. The second-order valence-electron chi connectivity index (χ2n) is 7.50. The van der Waals surface area contributed by atoms with Crippen LogP contribution in [0.5, 0.6) is 0 Å². The number of carbonyl (C=O) groups is 2. The topological polar surface area (TPSA) is 113 Å². The summed E-state index contributed by atoms with van der Waals surface area (Å²) in [6.07, 6.45) is -8.94. The normalized spacial score (nSPS) is 18.3. The molecule has 3 aromatic heterocycles. The Morgan fingerprint density at radius 1 is 1.18 bits per heavy atom. The minimum Gasteiger partial charge on any atom is -0.477 e. The van der Waals surface area contributed by atoms with Gasteiger partial charge in [-0.1, -0.05) is 11.6 Å². The van der Waals surface area contributed by atoms with Crippen LogP contribution >= 0.6 is 11.6 Å². The first-order valence-corrected chi connectivity index (χ1v) is 9.52. The third-order valence-electron chi connectivity index (χ3n) is 5.18. The molecule has 3 aromatic rings. The molecule has 0 fully saturated rings. The lowest BCUT2D eigenvalue weighted by Crippen LogP contribution is -2.46. The van der Waals surface area contributed by atoms with E-state index < -0.39 is 59.1 Å². The molecule has 0 bridgehead atoms. The van der Waals surface area contributed by atoms with Crippen molar-refractivity contribution >= 4 is 40.6 Å². The summed E-state index contributed by atoms with van der Waals surface area (Å²) in [4.78, 5) is 31.6. The smallest absolute Gasteiger partial charge is 0.433 e. The van der Waals surface area contributed by atoms with Crippen molar-refractivity contribution in [1.82, 2.24) is 19.6 Å². The van der Waals surface area contributed by atoms with Gasteiger partial charge in [0.05, 0.1) is 17.6 Å². The highest BCUT2D eigenvalue weighted by Gasteiger charge is 2.60. The predicted molar refractivity (Wildman–Crippen MR) is 104 cm³/mol. The van der Waals surface area contributed by atoms with Crippen LogP contribution in [-0.2, 0) is 11.6 Å². The number of aromatic carboxylic acids is 1. The predicted octanol–water partition coefficient (Wildman–Crippen LogP) is 4.37. The number of pyridine rings is 1. The second-order valence-corrected chi connectivity index (χ2v) is 7.89. The van der Waals surface area contributed by atoms with Crippen LogP contribution < -0.4 is 10.2 Å². The number of hydrogen-bond acceptors (Lipinski definition) is 5.